The Morgan fingerprint density at radius 3 is 2.54 bits per heavy atom. The molecule has 0 bridgehead atoms. The highest BCUT2D eigenvalue weighted by Crippen LogP contribution is 2.31. The summed E-state index contributed by atoms with van der Waals surface area (Å²) in [6.45, 7) is 5.68. The van der Waals surface area contributed by atoms with Crippen molar-refractivity contribution in [3.05, 3.63) is 60.4 Å². The molecule has 28 heavy (non-hydrogen) atoms. The second-order valence-electron chi connectivity index (χ2n) is 6.69. The van der Waals surface area contributed by atoms with E-state index in [2.05, 4.69) is 36.9 Å². The number of H-pyrrole nitrogens is 1. The lowest BCUT2D eigenvalue weighted by atomic mass is 10.1. The van der Waals surface area contributed by atoms with Gasteiger partial charge >= 0.3 is 0 Å². The van der Waals surface area contributed by atoms with Crippen molar-refractivity contribution in [3.8, 4) is 11.3 Å². The second-order valence-corrected chi connectivity index (χ2v) is 6.69. The summed E-state index contributed by atoms with van der Waals surface area (Å²) in [5.41, 5.74) is 2.32. The number of halogens is 2. The fourth-order valence-electron chi connectivity index (χ4n) is 3.80. The molecule has 0 saturated carbocycles. The third-order valence-electron chi connectivity index (χ3n) is 5.15. The molecule has 1 N–H and O–H groups in total. The van der Waals surface area contributed by atoms with Crippen molar-refractivity contribution in [3.63, 3.8) is 0 Å². The molecular formula is C20H24ClFN6. The summed E-state index contributed by atoms with van der Waals surface area (Å²) in [6, 6.07) is 7.09. The molecular weight excluding hydrogens is 379 g/mol. The molecule has 0 amide bonds. The Kier molecular flexibility index (Phi) is 6.59. The standard InChI is InChI=1S/C20H23FN6.ClH/c1-2-18(15-13-24-25-14-15)26-9-11-27(12-10-26)20-19(22-7-8-23-20)16-5-3-4-6-17(16)21;/h3-8,13-14,18H,2,9-12H2,1H3,(H,24,25);1H. The van der Waals surface area contributed by atoms with Gasteiger partial charge in [-0.1, -0.05) is 19.1 Å². The average Bonchev–Trinajstić information content (AvgIpc) is 3.24. The average molecular weight is 403 g/mol. The molecule has 1 atom stereocenters. The van der Waals surface area contributed by atoms with E-state index in [0.717, 1.165) is 38.4 Å². The Bertz CT molecular complexity index is 880. The van der Waals surface area contributed by atoms with Crippen LogP contribution in [-0.4, -0.2) is 51.2 Å². The fourth-order valence-corrected chi connectivity index (χ4v) is 3.80. The molecule has 1 saturated heterocycles. The van der Waals surface area contributed by atoms with Crippen molar-refractivity contribution >= 4 is 18.2 Å². The highest BCUT2D eigenvalue weighted by atomic mass is 35.5. The summed E-state index contributed by atoms with van der Waals surface area (Å²) in [5, 5.41) is 6.99. The lowest BCUT2D eigenvalue weighted by molar-refractivity contribution is 0.181. The van der Waals surface area contributed by atoms with Gasteiger partial charge in [0.25, 0.3) is 0 Å². The van der Waals surface area contributed by atoms with Gasteiger partial charge in [-0.25, -0.2) is 9.37 Å². The van der Waals surface area contributed by atoms with Gasteiger partial charge < -0.3 is 4.90 Å². The Morgan fingerprint density at radius 1 is 1.11 bits per heavy atom. The van der Waals surface area contributed by atoms with E-state index in [4.69, 9.17) is 0 Å². The maximum absolute atomic E-state index is 14.3. The number of nitrogens with zero attached hydrogens (tertiary/aromatic N) is 5. The molecule has 3 aromatic rings. The van der Waals surface area contributed by atoms with Crippen LogP contribution in [0.25, 0.3) is 11.3 Å². The minimum absolute atomic E-state index is 0. The van der Waals surface area contributed by atoms with Gasteiger partial charge in [-0.05, 0) is 18.6 Å². The van der Waals surface area contributed by atoms with E-state index in [1.807, 2.05) is 18.5 Å². The molecule has 148 valence electrons. The van der Waals surface area contributed by atoms with Gasteiger partial charge in [0.15, 0.2) is 5.82 Å². The monoisotopic (exact) mass is 402 g/mol. The number of aromatic nitrogens is 4. The first-order chi connectivity index (χ1) is 13.3. The van der Waals surface area contributed by atoms with Crippen LogP contribution < -0.4 is 4.90 Å². The Labute approximate surface area is 170 Å². The summed E-state index contributed by atoms with van der Waals surface area (Å²) >= 11 is 0. The molecule has 0 spiro atoms. The number of piperazine rings is 1. The molecule has 0 aliphatic carbocycles. The van der Waals surface area contributed by atoms with Gasteiger partial charge in [0.2, 0.25) is 0 Å². The highest BCUT2D eigenvalue weighted by Gasteiger charge is 2.27. The van der Waals surface area contributed by atoms with Gasteiger partial charge in [0.1, 0.15) is 11.5 Å². The summed E-state index contributed by atoms with van der Waals surface area (Å²) in [7, 11) is 0. The zero-order valence-corrected chi connectivity index (χ0v) is 16.6. The first kappa shape index (κ1) is 20.2. The fraction of sp³-hybridized carbons (Fsp3) is 0.350. The molecule has 1 fully saturated rings. The van der Waals surface area contributed by atoms with E-state index >= 15 is 0 Å². The van der Waals surface area contributed by atoms with Crippen LogP contribution >= 0.6 is 12.4 Å². The molecule has 3 heterocycles. The minimum Gasteiger partial charge on any atom is -0.352 e. The Hall–Kier alpha value is -2.51. The predicted molar refractivity (Wildman–Crippen MR) is 110 cm³/mol. The van der Waals surface area contributed by atoms with Crippen molar-refractivity contribution in [2.75, 3.05) is 31.1 Å². The maximum atomic E-state index is 14.3. The van der Waals surface area contributed by atoms with Gasteiger partial charge in [-0.2, -0.15) is 5.10 Å². The molecule has 0 radical (unpaired) electrons. The molecule has 2 aromatic heterocycles. The summed E-state index contributed by atoms with van der Waals surface area (Å²) in [6.07, 6.45) is 8.20. The third kappa shape index (κ3) is 4.00. The lowest BCUT2D eigenvalue weighted by Gasteiger charge is -2.39. The number of anilines is 1. The van der Waals surface area contributed by atoms with Gasteiger partial charge in [0, 0.05) is 61.9 Å². The first-order valence-electron chi connectivity index (χ1n) is 9.31. The molecule has 4 rings (SSSR count). The van der Waals surface area contributed by atoms with Crippen molar-refractivity contribution < 1.29 is 4.39 Å². The van der Waals surface area contributed by atoms with E-state index in [1.165, 1.54) is 11.6 Å². The van der Waals surface area contributed by atoms with E-state index in [1.54, 1.807) is 24.5 Å². The number of rotatable bonds is 5. The maximum Gasteiger partial charge on any atom is 0.155 e. The zero-order valence-electron chi connectivity index (χ0n) is 15.8. The van der Waals surface area contributed by atoms with E-state index in [0.29, 0.717) is 17.3 Å². The summed E-state index contributed by atoms with van der Waals surface area (Å²) in [4.78, 5) is 13.6. The van der Waals surface area contributed by atoms with Crippen molar-refractivity contribution in [2.24, 2.45) is 0 Å². The lowest BCUT2D eigenvalue weighted by Crippen LogP contribution is -2.48. The molecule has 1 unspecified atom stereocenters. The zero-order chi connectivity index (χ0) is 18.6. The topological polar surface area (TPSA) is 60.9 Å². The van der Waals surface area contributed by atoms with E-state index < -0.39 is 0 Å². The molecule has 1 aromatic carbocycles. The van der Waals surface area contributed by atoms with Crippen LogP contribution in [0.2, 0.25) is 0 Å². The molecule has 1 aliphatic rings. The second kappa shape index (κ2) is 9.12. The van der Waals surface area contributed by atoms with Gasteiger partial charge in [-0.15, -0.1) is 12.4 Å². The quantitative estimate of drug-likeness (QED) is 0.705. The number of hydrogen-bond donors (Lipinski definition) is 1. The summed E-state index contributed by atoms with van der Waals surface area (Å²) in [5.74, 6) is 0.475. The van der Waals surface area contributed by atoms with Gasteiger partial charge in [0.05, 0.1) is 6.20 Å². The minimum atomic E-state index is -0.274. The molecule has 1 aliphatic heterocycles. The van der Waals surface area contributed by atoms with Crippen LogP contribution in [0.5, 0.6) is 0 Å². The normalized spacial score (nSPS) is 15.9. The molecule has 8 heteroatoms. The first-order valence-corrected chi connectivity index (χ1v) is 9.31. The molecule has 6 nitrogen and oxygen atoms in total. The number of hydrogen-bond acceptors (Lipinski definition) is 5. The SMILES string of the molecule is CCC(c1cn[nH]c1)N1CCN(c2nccnc2-c2ccccc2F)CC1.Cl. The van der Waals surface area contributed by atoms with Crippen LogP contribution in [0.15, 0.2) is 49.1 Å². The third-order valence-corrected chi connectivity index (χ3v) is 5.15. The van der Waals surface area contributed by atoms with Crippen molar-refractivity contribution in [2.45, 2.75) is 19.4 Å². The van der Waals surface area contributed by atoms with E-state index in [-0.39, 0.29) is 18.2 Å². The number of benzene rings is 1. The Morgan fingerprint density at radius 2 is 1.86 bits per heavy atom. The Balaban J connectivity index is 0.00000225. The van der Waals surface area contributed by atoms with Crippen molar-refractivity contribution in [1.82, 2.24) is 25.1 Å². The number of nitrogens with one attached hydrogen (secondary N) is 1. The largest absolute Gasteiger partial charge is 0.352 e. The van der Waals surface area contributed by atoms with Crippen LogP contribution in [0.4, 0.5) is 10.2 Å². The van der Waals surface area contributed by atoms with Gasteiger partial charge in [-0.3, -0.25) is 15.0 Å². The van der Waals surface area contributed by atoms with Crippen LogP contribution in [0.3, 0.4) is 0 Å². The summed E-state index contributed by atoms with van der Waals surface area (Å²) < 4.78 is 14.3. The van der Waals surface area contributed by atoms with Crippen molar-refractivity contribution in [1.29, 1.82) is 0 Å². The van der Waals surface area contributed by atoms with E-state index in [9.17, 15) is 4.39 Å². The number of aromatic amines is 1. The van der Waals surface area contributed by atoms with Crippen LogP contribution in [0, 0.1) is 5.82 Å². The smallest absolute Gasteiger partial charge is 0.155 e. The highest BCUT2D eigenvalue weighted by molar-refractivity contribution is 5.85. The predicted octanol–water partition coefficient (Wildman–Crippen LogP) is 3.70. The van der Waals surface area contributed by atoms with Crippen LogP contribution in [0.1, 0.15) is 24.9 Å². The van der Waals surface area contributed by atoms with Crippen LogP contribution in [-0.2, 0) is 0 Å².